The van der Waals surface area contributed by atoms with Gasteiger partial charge in [0.15, 0.2) is 6.29 Å². The highest BCUT2D eigenvalue weighted by atomic mass is 16.7. The predicted molar refractivity (Wildman–Crippen MR) is 53.4 cm³/mol. The zero-order valence-corrected chi connectivity index (χ0v) is 9.09. The van der Waals surface area contributed by atoms with Crippen LogP contribution in [0.2, 0.25) is 0 Å². The fourth-order valence-electron chi connectivity index (χ4n) is 1.12. The summed E-state index contributed by atoms with van der Waals surface area (Å²) in [6.45, 7) is 8.18. The van der Waals surface area contributed by atoms with Crippen LogP contribution in [-0.2, 0) is 9.63 Å². The van der Waals surface area contributed by atoms with E-state index in [1.54, 1.807) is 0 Å². The Morgan fingerprint density at radius 3 is 2.46 bits per heavy atom. The van der Waals surface area contributed by atoms with Gasteiger partial charge in [0.05, 0.1) is 0 Å². The van der Waals surface area contributed by atoms with E-state index in [4.69, 9.17) is 4.84 Å². The van der Waals surface area contributed by atoms with Gasteiger partial charge in [-0.1, -0.05) is 20.3 Å². The maximum atomic E-state index is 10.4. The molecule has 0 amide bonds. The molecule has 0 heterocycles. The maximum absolute atomic E-state index is 10.4. The van der Waals surface area contributed by atoms with E-state index in [2.05, 4.69) is 26.3 Å². The Kier molecular flexibility index (Phi) is 5.91. The highest BCUT2D eigenvalue weighted by Gasteiger charge is 2.17. The van der Waals surface area contributed by atoms with Gasteiger partial charge in [0, 0.05) is 5.54 Å². The molecule has 1 unspecified atom stereocenters. The van der Waals surface area contributed by atoms with Gasteiger partial charge in [-0.3, -0.25) is 4.84 Å². The lowest BCUT2D eigenvalue weighted by molar-refractivity contribution is -0.128. The minimum absolute atomic E-state index is 0.0504. The second-order valence-electron chi connectivity index (χ2n) is 3.94. The van der Waals surface area contributed by atoms with Crippen LogP contribution < -0.4 is 5.48 Å². The second-order valence-corrected chi connectivity index (χ2v) is 3.94. The van der Waals surface area contributed by atoms with E-state index >= 15 is 0 Å². The summed E-state index contributed by atoms with van der Waals surface area (Å²) in [5.41, 5.74) is 2.88. The van der Waals surface area contributed by atoms with Crippen LogP contribution in [-0.4, -0.2) is 17.9 Å². The summed E-state index contributed by atoms with van der Waals surface area (Å²) in [5.74, 6) is 0. The SMILES string of the molecule is CCCC(C)(C)NOC(C=O)CC. The van der Waals surface area contributed by atoms with Crippen LogP contribution in [0.25, 0.3) is 0 Å². The summed E-state index contributed by atoms with van der Waals surface area (Å²) in [5, 5.41) is 0. The van der Waals surface area contributed by atoms with Crippen molar-refractivity contribution in [3.05, 3.63) is 0 Å². The molecule has 0 saturated carbocycles. The highest BCUT2D eigenvalue weighted by molar-refractivity contribution is 5.55. The molecule has 0 aromatic heterocycles. The van der Waals surface area contributed by atoms with Crippen molar-refractivity contribution in [2.75, 3.05) is 0 Å². The topological polar surface area (TPSA) is 38.3 Å². The van der Waals surface area contributed by atoms with Crippen molar-refractivity contribution in [2.24, 2.45) is 0 Å². The lowest BCUT2D eigenvalue weighted by atomic mass is 10.0. The van der Waals surface area contributed by atoms with E-state index in [0.29, 0.717) is 6.42 Å². The van der Waals surface area contributed by atoms with Crippen molar-refractivity contribution in [2.45, 2.75) is 58.6 Å². The van der Waals surface area contributed by atoms with Crippen LogP contribution in [0.1, 0.15) is 47.0 Å². The van der Waals surface area contributed by atoms with E-state index in [0.717, 1.165) is 19.1 Å². The Hall–Kier alpha value is -0.410. The van der Waals surface area contributed by atoms with Crippen LogP contribution in [0.3, 0.4) is 0 Å². The first kappa shape index (κ1) is 12.6. The van der Waals surface area contributed by atoms with Gasteiger partial charge in [-0.25, -0.2) is 0 Å². The molecule has 0 spiro atoms. The zero-order chi connectivity index (χ0) is 10.3. The molecule has 0 saturated heterocycles. The van der Waals surface area contributed by atoms with Crippen LogP contribution >= 0.6 is 0 Å². The third kappa shape index (κ3) is 5.77. The number of carbonyl (C=O) groups excluding carboxylic acids is 1. The van der Waals surface area contributed by atoms with Gasteiger partial charge in [-0.15, -0.1) is 0 Å². The molecule has 0 aliphatic carbocycles. The third-order valence-corrected chi connectivity index (χ3v) is 1.92. The van der Waals surface area contributed by atoms with Crippen molar-refractivity contribution in [1.29, 1.82) is 0 Å². The molecule has 0 aromatic carbocycles. The predicted octanol–water partition coefficient (Wildman–Crippen LogP) is 2.06. The Balaban J connectivity index is 3.77. The van der Waals surface area contributed by atoms with E-state index in [-0.39, 0.29) is 11.6 Å². The molecule has 13 heavy (non-hydrogen) atoms. The number of carbonyl (C=O) groups is 1. The van der Waals surface area contributed by atoms with Gasteiger partial charge in [-0.05, 0) is 26.7 Å². The third-order valence-electron chi connectivity index (χ3n) is 1.92. The molecule has 0 fully saturated rings. The van der Waals surface area contributed by atoms with Crippen molar-refractivity contribution in [3.8, 4) is 0 Å². The van der Waals surface area contributed by atoms with Gasteiger partial charge >= 0.3 is 0 Å². The molecule has 78 valence electrons. The fraction of sp³-hybridized carbons (Fsp3) is 0.900. The monoisotopic (exact) mass is 187 g/mol. The first-order valence-corrected chi connectivity index (χ1v) is 4.93. The number of hydroxylamine groups is 1. The lowest BCUT2D eigenvalue weighted by Gasteiger charge is -2.26. The average Bonchev–Trinajstić information content (AvgIpc) is 2.06. The molecule has 3 nitrogen and oxygen atoms in total. The number of rotatable bonds is 7. The molecule has 3 heteroatoms. The number of hydrogen-bond acceptors (Lipinski definition) is 3. The standard InChI is InChI=1S/C10H21NO2/c1-5-7-10(3,4)11-13-9(6-2)8-12/h8-9,11H,5-7H2,1-4H3. The van der Waals surface area contributed by atoms with Gasteiger partial charge in [0.2, 0.25) is 0 Å². The Bertz CT molecular complexity index is 146. The molecular formula is C10H21NO2. The fourth-order valence-corrected chi connectivity index (χ4v) is 1.12. The number of hydrogen-bond donors (Lipinski definition) is 1. The zero-order valence-electron chi connectivity index (χ0n) is 9.09. The molecule has 0 aromatic rings. The Labute approximate surface area is 80.8 Å². The van der Waals surface area contributed by atoms with Crippen LogP contribution in [0.15, 0.2) is 0 Å². The first-order chi connectivity index (χ1) is 6.05. The van der Waals surface area contributed by atoms with Crippen molar-refractivity contribution in [1.82, 2.24) is 5.48 Å². The van der Waals surface area contributed by atoms with Gasteiger partial charge < -0.3 is 4.79 Å². The van der Waals surface area contributed by atoms with Gasteiger partial charge in [0.25, 0.3) is 0 Å². The summed E-state index contributed by atoms with van der Waals surface area (Å²) in [4.78, 5) is 15.7. The molecular weight excluding hydrogens is 166 g/mol. The molecule has 0 aliphatic heterocycles. The number of nitrogens with one attached hydrogen (secondary N) is 1. The van der Waals surface area contributed by atoms with Crippen molar-refractivity contribution >= 4 is 6.29 Å². The van der Waals surface area contributed by atoms with Gasteiger partial charge in [-0.2, -0.15) is 5.48 Å². The highest BCUT2D eigenvalue weighted by Crippen LogP contribution is 2.11. The molecule has 0 bridgehead atoms. The molecule has 1 atom stereocenters. The van der Waals surface area contributed by atoms with E-state index in [1.807, 2.05) is 6.92 Å². The largest absolute Gasteiger partial charge is 0.300 e. The van der Waals surface area contributed by atoms with Gasteiger partial charge in [0.1, 0.15) is 6.10 Å². The average molecular weight is 187 g/mol. The molecule has 0 rings (SSSR count). The van der Waals surface area contributed by atoms with E-state index in [9.17, 15) is 4.79 Å². The minimum atomic E-state index is -0.323. The summed E-state index contributed by atoms with van der Waals surface area (Å²) >= 11 is 0. The first-order valence-electron chi connectivity index (χ1n) is 4.93. The second kappa shape index (κ2) is 6.11. The summed E-state index contributed by atoms with van der Waals surface area (Å²) in [6.07, 6.45) is 3.34. The number of aldehydes is 1. The summed E-state index contributed by atoms with van der Waals surface area (Å²) < 4.78 is 0. The van der Waals surface area contributed by atoms with E-state index < -0.39 is 0 Å². The maximum Gasteiger partial charge on any atom is 0.150 e. The van der Waals surface area contributed by atoms with E-state index in [1.165, 1.54) is 0 Å². The summed E-state index contributed by atoms with van der Waals surface area (Å²) in [6, 6.07) is 0. The lowest BCUT2D eigenvalue weighted by Crippen LogP contribution is -2.41. The minimum Gasteiger partial charge on any atom is -0.300 e. The van der Waals surface area contributed by atoms with Crippen LogP contribution in [0.5, 0.6) is 0 Å². The normalized spacial score (nSPS) is 14.2. The van der Waals surface area contributed by atoms with Crippen LogP contribution in [0.4, 0.5) is 0 Å². The quantitative estimate of drug-likeness (QED) is 0.490. The smallest absolute Gasteiger partial charge is 0.150 e. The Morgan fingerprint density at radius 1 is 1.46 bits per heavy atom. The Morgan fingerprint density at radius 2 is 2.08 bits per heavy atom. The molecule has 0 radical (unpaired) electrons. The van der Waals surface area contributed by atoms with Crippen molar-refractivity contribution in [3.63, 3.8) is 0 Å². The van der Waals surface area contributed by atoms with Crippen LogP contribution in [0, 0.1) is 0 Å². The molecule has 1 N–H and O–H groups in total. The molecule has 0 aliphatic rings. The van der Waals surface area contributed by atoms with Crippen molar-refractivity contribution < 1.29 is 9.63 Å². The summed E-state index contributed by atoms with van der Waals surface area (Å²) in [7, 11) is 0.